The molecule has 2 rings (SSSR count). The third kappa shape index (κ3) is 5.77. The second kappa shape index (κ2) is 9.32. The maximum absolute atomic E-state index is 12.4. The Morgan fingerprint density at radius 3 is 2.56 bits per heavy atom. The largest absolute Gasteiger partial charge is 0.465 e. The maximum Gasteiger partial charge on any atom is 0.341 e. The van der Waals surface area contributed by atoms with Crippen LogP contribution in [0.15, 0.2) is 0 Å². The maximum atomic E-state index is 12.4. The molecule has 7 nitrogen and oxygen atoms in total. The van der Waals surface area contributed by atoms with Crippen LogP contribution >= 0.6 is 11.3 Å². The highest BCUT2D eigenvalue weighted by Gasteiger charge is 2.29. The number of carbonyl (C=O) groups is 3. The lowest BCUT2D eigenvalue weighted by Gasteiger charge is -2.18. The summed E-state index contributed by atoms with van der Waals surface area (Å²) >= 11 is 1.46. The number of anilines is 1. The second-order valence-corrected chi connectivity index (χ2v) is 8.60. The van der Waals surface area contributed by atoms with Gasteiger partial charge in [-0.3, -0.25) is 14.5 Å². The predicted octanol–water partition coefficient (Wildman–Crippen LogP) is 2.05. The van der Waals surface area contributed by atoms with Crippen LogP contribution in [-0.4, -0.2) is 56.0 Å². The first kappa shape index (κ1) is 21.4. The van der Waals surface area contributed by atoms with Crippen molar-refractivity contribution in [1.82, 2.24) is 10.2 Å². The Morgan fingerprint density at radius 1 is 1.26 bits per heavy atom. The number of hydrogen-bond acceptors (Lipinski definition) is 6. The van der Waals surface area contributed by atoms with E-state index in [0.29, 0.717) is 16.5 Å². The van der Waals surface area contributed by atoms with E-state index >= 15 is 0 Å². The van der Waals surface area contributed by atoms with Gasteiger partial charge in [0.25, 0.3) is 0 Å². The number of ether oxygens (including phenoxy) is 1. The lowest BCUT2D eigenvalue weighted by atomic mass is 9.88. The van der Waals surface area contributed by atoms with Crippen molar-refractivity contribution in [2.75, 3.05) is 32.6 Å². The van der Waals surface area contributed by atoms with E-state index in [1.807, 2.05) is 13.8 Å². The van der Waals surface area contributed by atoms with Gasteiger partial charge in [-0.15, -0.1) is 11.3 Å². The van der Waals surface area contributed by atoms with E-state index < -0.39 is 5.97 Å². The van der Waals surface area contributed by atoms with Gasteiger partial charge in [-0.05, 0) is 51.6 Å². The van der Waals surface area contributed by atoms with Crippen LogP contribution in [0.5, 0.6) is 0 Å². The summed E-state index contributed by atoms with van der Waals surface area (Å²) in [5.74, 6) is -0.236. The van der Waals surface area contributed by atoms with E-state index in [-0.39, 0.29) is 30.9 Å². The van der Waals surface area contributed by atoms with E-state index in [0.717, 1.165) is 29.7 Å². The highest BCUT2D eigenvalue weighted by molar-refractivity contribution is 7.17. The molecule has 8 heteroatoms. The Balaban J connectivity index is 2.06. The fourth-order valence-corrected chi connectivity index (χ4v) is 4.65. The minimum atomic E-state index is -0.415. The standard InChI is InChI=1S/C19H29N3O4S/c1-11(2)20-15(23)9-22(4)10-16(24)21-18-17(19(25)26-5)13-7-6-12(3)8-14(13)27-18/h11-12H,6-10H2,1-5H3,(H,20,23)(H,21,24)/t12-/m1/s1. The number of methoxy groups -OCH3 is 1. The minimum Gasteiger partial charge on any atom is -0.465 e. The summed E-state index contributed by atoms with van der Waals surface area (Å²) in [7, 11) is 3.06. The van der Waals surface area contributed by atoms with Gasteiger partial charge in [-0.1, -0.05) is 6.92 Å². The van der Waals surface area contributed by atoms with E-state index in [2.05, 4.69) is 17.6 Å². The van der Waals surface area contributed by atoms with Crippen LogP contribution in [0.2, 0.25) is 0 Å². The molecule has 0 radical (unpaired) electrons. The zero-order valence-corrected chi connectivity index (χ0v) is 17.5. The summed E-state index contributed by atoms with van der Waals surface area (Å²) in [4.78, 5) is 39.3. The zero-order valence-electron chi connectivity index (χ0n) is 16.7. The first-order valence-electron chi connectivity index (χ1n) is 9.21. The number of likely N-dealkylation sites (N-methyl/N-ethyl adjacent to an activating group) is 1. The molecular formula is C19H29N3O4S. The lowest BCUT2D eigenvalue weighted by molar-refractivity contribution is -0.123. The van der Waals surface area contributed by atoms with Crippen molar-refractivity contribution in [3.63, 3.8) is 0 Å². The van der Waals surface area contributed by atoms with Gasteiger partial charge < -0.3 is 15.4 Å². The van der Waals surface area contributed by atoms with Gasteiger partial charge >= 0.3 is 5.97 Å². The molecule has 0 unspecified atom stereocenters. The molecule has 1 aromatic rings. The second-order valence-electron chi connectivity index (χ2n) is 7.49. The van der Waals surface area contributed by atoms with Crippen LogP contribution in [-0.2, 0) is 27.2 Å². The number of esters is 1. The van der Waals surface area contributed by atoms with Gasteiger partial charge in [0, 0.05) is 10.9 Å². The number of fused-ring (bicyclic) bond motifs is 1. The molecule has 1 aromatic heterocycles. The lowest BCUT2D eigenvalue weighted by Crippen LogP contribution is -2.41. The molecule has 2 N–H and O–H groups in total. The summed E-state index contributed by atoms with van der Waals surface area (Å²) in [6, 6.07) is 0.0576. The van der Waals surface area contributed by atoms with Crippen LogP contribution in [0.3, 0.4) is 0 Å². The summed E-state index contributed by atoms with van der Waals surface area (Å²) in [6.07, 6.45) is 2.76. The van der Waals surface area contributed by atoms with Gasteiger partial charge in [-0.25, -0.2) is 4.79 Å². The van der Waals surface area contributed by atoms with Crippen LogP contribution in [0.4, 0.5) is 5.00 Å². The monoisotopic (exact) mass is 395 g/mol. The fraction of sp³-hybridized carbons (Fsp3) is 0.632. The number of carbonyl (C=O) groups excluding carboxylic acids is 3. The minimum absolute atomic E-state index is 0.0576. The Labute approximate surface area is 164 Å². The van der Waals surface area contributed by atoms with Crippen molar-refractivity contribution in [1.29, 1.82) is 0 Å². The number of thiophene rings is 1. The molecule has 1 atom stereocenters. The number of nitrogens with zero attached hydrogens (tertiary/aromatic N) is 1. The average molecular weight is 396 g/mol. The summed E-state index contributed by atoms with van der Waals surface area (Å²) in [5.41, 5.74) is 1.49. The molecular weight excluding hydrogens is 366 g/mol. The molecule has 1 aliphatic rings. The third-order valence-electron chi connectivity index (χ3n) is 4.43. The normalized spacial score (nSPS) is 16.2. The Bertz CT molecular complexity index is 714. The van der Waals surface area contributed by atoms with Crippen LogP contribution < -0.4 is 10.6 Å². The van der Waals surface area contributed by atoms with Crippen molar-refractivity contribution in [2.45, 2.75) is 46.1 Å². The quantitative estimate of drug-likeness (QED) is 0.690. The summed E-state index contributed by atoms with van der Waals surface area (Å²) in [5, 5.41) is 6.19. The van der Waals surface area contributed by atoms with E-state index in [4.69, 9.17) is 4.74 Å². The fourth-order valence-electron chi connectivity index (χ4n) is 3.24. The molecule has 0 spiro atoms. The number of rotatable bonds is 7. The number of amides is 2. The Hall–Kier alpha value is -1.93. The first-order valence-corrected chi connectivity index (χ1v) is 10.0. The molecule has 0 saturated heterocycles. The average Bonchev–Trinajstić information content (AvgIpc) is 2.89. The third-order valence-corrected chi connectivity index (χ3v) is 5.60. The van der Waals surface area contributed by atoms with Gasteiger partial charge in [0.1, 0.15) is 5.00 Å². The van der Waals surface area contributed by atoms with E-state index in [1.165, 1.54) is 18.4 Å². The topological polar surface area (TPSA) is 87.7 Å². The number of nitrogens with one attached hydrogen (secondary N) is 2. The van der Waals surface area contributed by atoms with Crippen molar-refractivity contribution in [3.8, 4) is 0 Å². The van der Waals surface area contributed by atoms with Crippen molar-refractivity contribution in [3.05, 3.63) is 16.0 Å². The Morgan fingerprint density at radius 2 is 1.93 bits per heavy atom. The molecule has 0 fully saturated rings. The highest BCUT2D eigenvalue weighted by atomic mass is 32.1. The zero-order chi connectivity index (χ0) is 20.1. The van der Waals surface area contributed by atoms with Crippen molar-refractivity contribution < 1.29 is 19.1 Å². The van der Waals surface area contributed by atoms with Crippen LogP contribution in [0.25, 0.3) is 0 Å². The molecule has 0 bridgehead atoms. The molecule has 1 aliphatic carbocycles. The van der Waals surface area contributed by atoms with Crippen molar-refractivity contribution in [2.24, 2.45) is 5.92 Å². The molecule has 2 amide bonds. The molecule has 27 heavy (non-hydrogen) atoms. The van der Waals surface area contributed by atoms with E-state index in [9.17, 15) is 14.4 Å². The van der Waals surface area contributed by atoms with Crippen LogP contribution in [0.1, 0.15) is 48.0 Å². The van der Waals surface area contributed by atoms with Crippen molar-refractivity contribution >= 4 is 34.1 Å². The predicted molar refractivity (Wildman–Crippen MR) is 106 cm³/mol. The number of hydrogen-bond donors (Lipinski definition) is 2. The SMILES string of the molecule is COC(=O)c1c(NC(=O)CN(C)CC(=O)NC(C)C)sc2c1CC[C@@H](C)C2. The molecule has 0 saturated carbocycles. The summed E-state index contributed by atoms with van der Waals surface area (Å²) < 4.78 is 4.93. The Kier molecular flexibility index (Phi) is 7.38. The van der Waals surface area contributed by atoms with Gasteiger partial charge in [0.2, 0.25) is 11.8 Å². The van der Waals surface area contributed by atoms with Crippen LogP contribution in [0, 0.1) is 5.92 Å². The molecule has 0 aromatic carbocycles. The molecule has 1 heterocycles. The smallest absolute Gasteiger partial charge is 0.341 e. The molecule has 150 valence electrons. The van der Waals surface area contributed by atoms with Gasteiger partial charge in [0.05, 0.1) is 25.8 Å². The highest BCUT2D eigenvalue weighted by Crippen LogP contribution is 2.39. The van der Waals surface area contributed by atoms with Gasteiger partial charge in [0.15, 0.2) is 0 Å². The van der Waals surface area contributed by atoms with Gasteiger partial charge in [-0.2, -0.15) is 0 Å². The first-order chi connectivity index (χ1) is 12.7. The molecule has 0 aliphatic heterocycles. The summed E-state index contributed by atoms with van der Waals surface area (Å²) in [6.45, 7) is 6.16. The van der Waals surface area contributed by atoms with E-state index in [1.54, 1.807) is 11.9 Å².